The fourth-order valence-corrected chi connectivity index (χ4v) is 1.03. The second-order valence-corrected chi connectivity index (χ2v) is 3.18. The normalized spacial score (nSPS) is 10.3. The molecule has 0 aromatic carbocycles. The molecule has 1 heterocycles. The summed E-state index contributed by atoms with van der Waals surface area (Å²) >= 11 is 0. The van der Waals surface area contributed by atoms with Crippen LogP contribution < -0.4 is 10.5 Å². The second-order valence-electron chi connectivity index (χ2n) is 3.18. The SMILES string of the molecule is CCCOCCOc1nc(N)ncc1C. The van der Waals surface area contributed by atoms with Crippen LogP contribution in [0.1, 0.15) is 18.9 Å². The molecule has 0 atom stereocenters. The van der Waals surface area contributed by atoms with Crippen molar-refractivity contribution >= 4 is 5.95 Å². The van der Waals surface area contributed by atoms with Crippen molar-refractivity contribution in [2.45, 2.75) is 20.3 Å². The Kier molecular flexibility index (Phi) is 4.83. The van der Waals surface area contributed by atoms with E-state index in [9.17, 15) is 0 Å². The van der Waals surface area contributed by atoms with Gasteiger partial charge < -0.3 is 15.2 Å². The average Bonchev–Trinajstić information content (AvgIpc) is 2.23. The molecule has 0 aliphatic rings. The maximum atomic E-state index is 5.45. The maximum absolute atomic E-state index is 5.45. The number of nitrogens with two attached hydrogens (primary N) is 1. The van der Waals surface area contributed by atoms with E-state index in [-0.39, 0.29) is 5.95 Å². The number of ether oxygens (including phenoxy) is 2. The first kappa shape index (κ1) is 11.7. The van der Waals surface area contributed by atoms with Gasteiger partial charge in [-0.15, -0.1) is 0 Å². The zero-order chi connectivity index (χ0) is 11.1. The summed E-state index contributed by atoms with van der Waals surface area (Å²) in [5.41, 5.74) is 6.32. The minimum atomic E-state index is 0.227. The molecule has 0 aliphatic carbocycles. The number of hydrogen-bond donors (Lipinski definition) is 1. The van der Waals surface area contributed by atoms with Gasteiger partial charge in [-0.25, -0.2) is 4.98 Å². The molecule has 0 amide bonds. The standard InChI is InChI=1S/C10H17N3O2/c1-3-4-14-5-6-15-9-8(2)7-12-10(11)13-9/h7H,3-6H2,1-2H3,(H2,11,12,13). The molecule has 15 heavy (non-hydrogen) atoms. The number of anilines is 1. The third-order valence-electron chi connectivity index (χ3n) is 1.76. The van der Waals surface area contributed by atoms with Gasteiger partial charge in [0.1, 0.15) is 6.61 Å². The Balaban J connectivity index is 2.33. The number of rotatable bonds is 6. The molecule has 0 fully saturated rings. The van der Waals surface area contributed by atoms with E-state index in [1.807, 2.05) is 6.92 Å². The summed E-state index contributed by atoms with van der Waals surface area (Å²) in [4.78, 5) is 7.83. The smallest absolute Gasteiger partial charge is 0.223 e. The number of aryl methyl sites for hydroxylation is 1. The van der Waals surface area contributed by atoms with Crippen LogP contribution in [-0.2, 0) is 4.74 Å². The Morgan fingerprint density at radius 2 is 2.13 bits per heavy atom. The molecule has 2 N–H and O–H groups in total. The van der Waals surface area contributed by atoms with Crippen molar-refractivity contribution < 1.29 is 9.47 Å². The van der Waals surface area contributed by atoms with Gasteiger partial charge in [0.25, 0.3) is 0 Å². The van der Waals surface area contributed by atoms with Crippen LogP contribution in [0.4, 0.5) is 5.95 Å². The zero-order valence-electron chi connectivity index (χ0n) is 9.19. The quantitative estimate of drug-likeness (QED) is 0.715. The molecule has 0 radical (unpaired) electrons. The molecular formula is C10H17N3O2. The second kappa shape index (κ2) is 6.19. The molecule has 84 valence electrons. The lowest BCUT2D eigenvalue weighted by atomic mass is 10.4. The Hall–Kier alpha value is -1.36. The lowest BCUT2D eigenvalue weighted by Crippen LogP contribution is -2.09. The van der Waals surface area contributed by atoms with Gasteiger partial charge in [0, 0.05) is 18.4 Å². The molecule has 5 nitrogen and oxygen atoms in total. The minimum Gasteiger partial charge on any atom is -0.475 e. The van der Waals surface area contributed by atoms with Crippen LogP contribution in [0.5, 0.6) is 5.88 Å². The van der Waals surface area contributed by atoms with Gasteiger partial charge in [-0.1, -0.05) is 6.92 Å². The lowest BCUT2D eigenvalue weighted by Gasteiger charge is -2.07. The number of hydrogen-bond acceptors (Lipinski definition) is 5. The molecule has 1 rings (SSSR count). The first-order valence-electron chi connectivity index (χ1n) is 5.03. The zero-order valence-corrected chi connectivity index (χ0v) is 9.19. The molecule has 0 aliphatic heterocycles. The number of nitrogen functional groups attached to an aromatic ring is 1. The molecule has 1 aromatic rings. The van der Waals surface area contributed by atoms with Crippen molar-refractivity contribution in [2.75, 3.05) is 25.6 Å². The van der Waals surface area contributed by atoms with E-state index in [1.54, 1.807) is 6.20 Å². The first-order valence-corrected chi connectivity index (χ1v) is 5.03. The predicted octanol–water partition coefficient (Wildman–Crippen LogP) is 1.17. The molecular weight excluding hydrogens is 194 g/mol. The number of aromatic nitrogens is 2. The molecule has 0 saturated heterocycles. The van der Waals surface area contributed by atoms with Gasteiger partial charge in [-0.2, -0.15) is 4.98 Å². The average molecular weight is 211 g/mol. The van der Waals surface area contributed by atoms with Gasteiger partial charge in [0.05, 0.1) is 6.61 Å². The number of nitrogens with zero attached hydrogens (tertiary/aromatic N) is 2. The third kappa shape index (κ3) is 4.12. The molecule has 0 unspecified atom stereocenters. The summed E-state index contributed by atoms with van der Waals surface area (Å²) in [6.07, 6.45) is 2.66. The fraction of sp³-hybridized carbons (Fsp3) is 0.600. The van der Waals surface area contributed by atoms with E-state index in [1.165, 1.54) is 0 Å². The van der Waals surface area contributed by atoms with Crippen LogP contribution in [0, 0.1) is 6.92 Å². The van der Waals surface area contributed by atoms with Crippen molar-refractivity contribution in [3.05, 3.63) is 11.8 Å². The van der Waals surface area contributed by atoms with Crippen LogP contribution in [0.2, 0.25) is 0 Å². The highest BCUT2D eigenvalue weighted by Gasteiger charge is 2.02. The van der Waals surface area contributed by atoms with Crippen molar-refractivity contribution in [3.63, 3.8) is 0 Å². The predicted molar refractivity (Wildman–Crippen MR) is 57.8 cm³/mol. The van der Waals surface area contributed by atoms with Crippen molar-refractivity contribution in [1.82, 2.24) is 9.97 Å². The Morgan fingerprint density at radius 1 is 1.33 bits per heavy atom. The van der Waals surface area contributed by atoms with Gasteiger partial charge in [-0.3, -0.25) is 0 Å². The summed E-state index contributed by atoms with van der Waals surface area (Å²) < 4.78 is 10.7. The van der Waals surface area contributed by atoms with Gasteiger partial charge in [-0.05, 0) is 13.3 Å². The van der Waals surface area contributed by atoms with Crippen LogP contribution in [0.3, 0.4) is 0 Å². The highest BCUT2D eigenvalue weighted by atomic mass is 16.5. The van der Waals surface area contributed by atoms with Crippen LogP contribution in [0.25, 0.3) is 0 Å². The van der Waals surface area contributed by atoms with Gasteiger partial charge in [0.2, 0.25) is 11.8 Å². The molecule has 0 spiro atoms. The summed E-state index contributed by atoms with van der Waals surface area (Å²) in [5.74, 6) is 0.757. The van der Waals surface area contributed by atoms with Gasteiger partial charge in [0.15, 0.2) is 0 Å². The summed E-state index contributed by atoms with van der Waals surface area (Å²) in [6, 6.07) is 0. The monoisotopic (exact) mass is 211 g/mol. The van der Waals surface area contributed by atoms with Crippen LogP contribution >= 0.6 is 0 Å². The summed E-state index contributed by atoms with van der Waals surface area (Å²) in [6.45, 7) is 5.75. The summed E-state index contributed by atoms with van der Waals surface area (Å²) in [5, 5.41) is 0. The van der Waals surface area contributed by atoms with Crippen molar-refractivity contribution in [1.29, 1.82) is 0 Å². The highest BCUT2D eigenvalue weighted by molar-refractivity contribution is 5.28. The van der Waals surface area contributed by atoms with E-state index < -0.39 is 0 Å². The fourth-order valence-electron chi connectivity index (χ4n) is 1.03. The van der Waals surface area contributed by atoms with Crippen LogP contribution in [0.15, 0.2) is 6.20 Å². The Bertz CT molecular complexity index is 305. The third-order valence-corrected chi connectivity index (χ3v) is 1.76. The van der Waals surface area contributed by atoms with E-state index in [4.69, 9.17) is 15.2 Å². The van der Waals surface area contributed by atoms with Gasteiger partial charge >= 0.3 is 0 Å². The Morgan fingerprint density at radius 3 is 2.87 bits per heavy atom. The summed E-state index contributed by atoms with van der Waals surface area (Å²) in [7, 11) is 0. The van der Waals surface area contributed by atoms with E-state index in [2.05, 4.69) is 16.9 Å². The van der Waals surface area contributed by atoms with Crippen molar-refractivity contribution in [3.8, 4) is 5.88 Å². The highest BCUT2D eigenvalue weighted by Crippen LogP contribution is 2.13. The minimum absolute atomic E-state index is 0.227. The van der Waals surface area contributed by atoms with Crippen molar-refractivity contribution in [2.24, 2.45) is 0 Å². The first-order chi connectivity index (χ1) is 7.24. The molecule has 5 heteroatoms. The van der Waals surface area contributed by atoms with Crippen LogP contribution in [-0.4, -0.2) is 29.8 Å². The largest absolute Gasteiger partial charge is 0.475 e. The maximum Gasteiger partial charge on any atom is 0.223 e. The molecule has 0 bridgehead atoms. The molecule has 1 aromatic heterocycles. The Labute approximate surface area is 89.6 Å². The van der Waals surface area contributed by atoms with E-state index >= 15 is 0 Å². The van der Waals surface area contributed by atoms with E-state index in [0.717, 1.165) is 18.6 Å². The van der Waals surface area contributed by atoms with E-state index in [0.29, 0.717) is 19.1 Å². The lowest BCUT2D eigenvalue weighted by molar-refractivity contribution is 0.0987. The topological polar surface area (TPSA) is 70.3 Å². The molecule has 0 saturated carbocycles.